The van der Waals surface area contributed by atoms with E-state index in [2.05, 4.69) is 4.98 Å². The maximum absolute atomic E-state index is 11.1. The van der Waals surface area contributed by atoms with Gasteiger partial charge >= 0.3 is 5.97 Å². The summed E-state index contributed by atoms with van der Waals surface area (Å²) in [6.07, 6.45) is 0. The third-order valence-electron chi connectivity index (χ3n) is 2.55. The highest BCUT2D eigenvalue weighted by Gasteiger charge is 2.22. The van der Waals surface area contributed by atoms with Crippen molar-refractivity contribution >= 4 is 34.0 Å². The van der Waals surface area contributed by atoms with Crippen molar-refractivity contribution < 1.29 is 9.90 Å². The maximum atomic E-state index is 11.1. The number of nitrogens with two attached hydrogens (primary N) is 1. The van der Waals surface area contributed by atoms with Gasteiger partial charge in [-0.25, -0.2) is 4.98 Å². The SMILES string of the molecule is CC(C(=O)O)c1sc(N)nc1-c1ccc(Cl)cc1. The molecule has 1 aromatic heterocycles. The van der Waals surface area contributed by atoms with Crippen LogP contribution in [0, 0.1) is 0 Å². The first-order valence-electron chi connectivity index (χ1n) is 5.24. The van der Waals surface area contributed by atoms with E-state index >= 15 is 0 Å². The van der Waals surface area contributed by atoms with Crippen LogP contribution >= 0.6 is 22.9 Å². The second-order valence-electron chi connectivity index (χ2n) is 3.83. The summed E-state index contributed by atoms with van der Waals surface area (Å²) < 4.78 is 0. The Morgan fingerprint density at radius 2 is 2.06 bits per heavy atom. The Kier molecular flexibility index (Phi) is 3.54. The van der Waals surface area contributed by atoms with E-state index < -0.39 is 11.9 Å². The van der Waals surface area contributed by atoms with Crippen LogP contribution in [0.2, 0.25) is 5.02 Å². The minimum atomic E-state index is -0.895. The summed E-state index contributed by atoms with van der Waals surface area (Å²) in [4.78, 5) is 15.9. The van der Waals surface area contributed by atoms with E-state index in [1.807, 2.05) is 0 Å². The quantitative estimate of drug-likeness (QED) is 0.906. The van der Waals surface area contributed by atoms with Gasteiger partial charge in [0.2, 0.25) is 0 Å². The van der Waals surface area contributed by atoms with Gasteiger partial charge in [-0.2, -0.15) is 0 Å². The Labute approximate surface area is 113 Å². The fraction of sp³-hybridized carbons (Fsp3) is 0.167. The molecule has 0 aliphatic rings. The van der Waals surface area contributed by atoms with Crippen molar-refractivity contribution in [1.29, 1.82) is 0 Å². The number of nitrogens with zero attached hydrogens (tertiary/aromatic N) is 1. The Morgan fingerprint density at radius 3 is 2.61 bits per heavy atom. The van der Waals surface area contributed by atoms with E-state index in [1.165, 1.54) is 11.3 Å². The monoisotopic (exact) mass is 282 g/mol. The van der Waals surface area contributed by atoms with Crippen LogP contribution in [0.15, 0.2) is 24.3 Å². The van der Waals surface area contributed by atoms with E-state index in [0.29, 0.717) is 20.7 Å². The Morgan fingerprint density at radius 1 is 1.44 bits per heavy atom. The number of aliphatic carboxylic acids is 1. The summed E-state index contributed by atoms with van der Waals surface area (Å²) in [6, 6.07) is 7.08. The van der Waals surface area contributed by atoms with Crippen molar-refractivity contribution in [2.24, 2.45) is 0 Å². The molecule has 0 amide bonds. The highest BCUT2D eigenvalue weighted by Crippen LogP contribution is 2.35. The lowest BCUT2D eigenvalue weighted by molar-refractivity contribution is -0.138. The fourth-order valence-corrected chi connectivity index (χ4v) is 2.60. The number of carboxylic acids is 1. The number of anilines is 1. The molecule has 1 heterocycles. The van der Waals surface area contributed by atoms with Crippen LogP contribution in [0.3, 0.4) is 0 Å². The standard InChI is InChI=1S/C12H11ClN2O2S/c1-6(11(16)17)10-9(15-12(14)18-10)7-2-4-8(13)5-3-7/h2-6H,1H3,(H2,14,15)(H,16,17). The van der Waals surface area contributed by atoms with E-state index in [0.717, 1.165) is 5.56 Å². The van der Waals surface area contributed by atoms with Gasteiger partial charge in [-0.1, -0.05) is 23.7 Å². The van der Waals surface area contributed by atoms with Crippen molar-refractivity contribution in [2.45, 2.75) is 12.8 Å². The van der Waals surface area contributed by atoms with Crippen LogP contribution in [0.4, 0.5) is 5.13 Å². The molecule has 3 N–H and O–H groups in total. The van der Waals surface area contributed by atoms with Crippen molar-refractivity contribution in [3.05, 3.63) is 34.2 Å². The van der Waals surface area contributed by atoms with Crippen molar-refractivity contribution in [3.63, 3.8) is 0 Å². The van der Waals surface area contributed by atoms with Gasteiger partial charge < -0.3 is 10.8 Å². The molecule has 0 aliphatic carbocycles. The van der Waals surface area contributed by atoms with Gasteiger partial charge in [0, 0.05) is 15.5 Å². The van der Waals surface area contributed by atoms with Gasteiger partial charge in [0.1, 0.15) is 0 Å². The lowest BCUT2D eigenvalue weighted by atomic mass is 10.0. The van der Waals surface area contributed by atoms with Crippen molar-refractivity contribution in [3.8, 4) is 11.3 Å². The molecular formula is C12H11ClN2O2S. The number of halogens is 1. The molecule has 0 spiro atoms. The van der Waals surface area contributed by atoms with Crippen LogP contribution in [0.1, 0.15) is 17.7 Å². The molecule has 18 heavy (non-hydrogen) atoms. The highest BCUT2D eigenvalue weighted by molar-refractivity contribution is 7.16. The Hall–Kier alpha value is -1.59. The topological polar surface area (TPSA) is 76.2 Å². The van der Waals surface area contributed by atoms with Crippen LogP contribution in [0.25, 0.3) is 11.3 Å². The molecule has 0 saturated heterocycles. The second-order valence-corrected chi connectivity index (χ2v) is 5.33. The van der Waals surface area contributed by atoms with Crippen LogP contribution in [-0.4, -0.2) is 16.1 Å². The molecular weight excluding hydrogens is 272 g/mol. The largest absolute Gasteiger partial charge is 0.481 e. The molecule has 6 heteroatoms. The zero-order chi connectivity index (χ0) is 13.3. The lowest BCUT2D eigenvalue weighted by Gasteiger charge is -2.06. The van der Waals surface area contributed by atoms with Gasteiger partial charge in [-0.3, -0.25) is 4.79 Å². The van der Waals surface area contributed by atoms with Gasteiger partial charge in [0.25, 0.3) is 0 Å². The molecule has 0 fully saturated rings. The summed E-state index contributed by atoms with van der Waals surface area (Å²) in [5.74, 6) is -1.53. The number of carbonyl (C=O) groups is 1. The summed E-state index contributed by atoms with van der Waals surface area (Å²) in [5, 5.41) is 10.1. The first-order chi connectivity index (χ1) is 8.49. The van der Waals surface area contributed by atoms with E-state index in [1.54, 1.807) is 31.2 Å². The number of carboxylic acid groups (broad SMARTS) is 1. The number of hydrogen-bond acceptors (Lipinski definition) is 4. The average Bonchev–Trinajstić information content (AvgIpc) is 2.71. The third kappa shape index (κ3) is 2.47. The number of thiazole rings is 1. The highest BCUT2D eigenvalue weighted by atomic mass is 35.5. The molecule has 2 rings (SSSR count). The number of rotatable bonds is 3. The normalized spacial score (nSPS) is 12.3. The molecule has 0 saturated carbocycles. The Balaban J connectivity index is 2.50. The first-order valence-corrected chi connectivity index (χ1v) is 6.43. The predicted molar refractivity (Wildman–Crippen MR) is 73.0 cm³/mol. The maximum Gasteiger partial charge on any atom is 0.311 e. The summed E-state index contributed by atoms with van der Waals surface area (Å²) in [5.41, 5.74) is 7.10. The third-order valence-corrected chi connectivity index (χ3v) is 3.87. The fourth-order valence-electron chi connectivity index (χ4n) is 1.57. The van der Waals surface area contributed by atoms with E-state index in [9.17, 15) is 4.79 Å². The molecule has 0 radical (unpaired) electrons. The molecule has 0 aliphatic heterocycles. The van der Waals surface area contributed by atoms with Gasteiger partial charge in [0.15, 0.2) is 5.13 Å². The molecule has 94 valence electrons. The van der Waals surface area contributed by atoms with Crippen LogP contribution in [0.5, 0.6) is 0 Å². The molecule has 4 nitrogen and oxygen atoms in total. The Bertz CT molecular complexity index is 580. The summed E-state index contributed by atoms with van der Waals surface area (Å²) >= 11 is 7.02. The first kappa shape index (κ1) is 12.9. The van der Waals surface area contributed by atoms with Gasteiger partial charge in [-0.05, 0) is 19.1 Å². The zero-order valence-electron chi connectivity index (χ0n) is 9.55. The van der Waals surface area contributed by atoms with Gasteiger partial charge in [-0.15, -0.1) is 11.3 Å². The number of aromatic nitrogens is 1. The minimum Gasteiger partial charge on any atom is -0.481 e. The predicted octanol–water partition coefficient (Wildman–Crippen LogP) is 3.23. The van der Waals surface area contributed by atoms with Gasteiger partial charge in [0.05, 0.1) is 11.6 Å². The number of nitrogen functional groups attached to an aromatic ring is 1. The van der Waals surface area contributed by atoms with Crippen LogP contribution < -0.4 is 5.73 Å². The zero-order valence-corrected chi connectivity index (χ0v) is 11.1. The summed E-state index contributed by atoms with van der Waals surface area (Å²) in [7, 11) is 0. The van der Waals surface area contributed by atoms with E-state index in [-0.39, 0.29) is 0 Å². The molecule has 1 aromatic carbocycles. The number of hydrogen-bond donors (Lipinski definition) is 2. The second kappa shape index (κ2) is 4.96. The van der Waals surface area contributed by atoms with Crippen molar-refractivity contribution in [1.82, 2.24) is 4.98 Å². The minimum absolute atomic E-state index is 0.364. The lowest BCUT2D eigenvalue weighted by Crippen LogP contribution is -2.06. The average molecular weight is 283 g/mol. The van der Waals surface area contributed by atoms with Crippen LogP contribution in [-0.2, 0) is 4.79 Å². The van der Waals surface area contributed by atoms with Crippen molar-refractivity contribution in [2.75, 3.05) is 5.73 Å². The van der Waals surface area contributed by atoms with E-state index in [4.69, 9.17) is 22.4 Å². The molecule has 2 aromatic rings. The smallest absolute Gasteiger partial charge is 0.311 e. The number of benzene rings is 1. The summed E-state index contributed by atoms with van der Waals surface area (Å²) in [6.45, 7) is 1.62. The molecule has 1 atom stereocenters. The molecule has 0 bridgehead atoms. The molecule has 1 unspecified atom stereocenters.